The molecule has 0 aromatic rings. The number of halogens is 1. The van der Waals surface area contributed by atoms with Gasteiger partial charge in [0.1, 0.15) is 0 Å². The van der Waals surface area contributed by atoms with Crippen molar-refractivity contribution in [3.8, 4) is 0 Å². The minimum absolute atomic E-state index is 0. The lowest BCUT2D eigenvalue weighted by Crippen LogP contribution is -2.25. The summed E-state index contributed by atoms with van der Waals surface area (Å²) < 4.78 is 0. The Kier molecular flexibility index (Phi) is 2.47. The van der Waals surface area contributed by atoms with Gasteiger partial charge in [0.15, 0.2) is 5.17 Å². The highest BCUT2D eigenvalue weighted by Crippen LogP contribution is 2.32. The van der Waals surface area contributed by atoms with E-state index in [9.17, 15) is 0 Å². The summed E-state index contributed by atoms with van der Waals surface area (Å²) >= 11 is 1.68. The maximum atomic E-state index is 7.47. The van der Waals surface area contributed by atoms with Gasteiger partial charge in [-0.15, -0.1) is 12.4 Å². The van der Waals surface area contributed by atoms with Crippen molar-refractivity contribution in [2.45, 2.75) is 18.9 Å². The molecule has 2 fully saturated rings. The van der Waals surface area contributed by atoms with E-state index in [4.69, 9.17) is 5.41 Å². The second-order valence-corrected chi connectivity index (χ2v) is 3.66. The molecule has 0 radical (unpaired) electrons. The van der Waals surface area contributed by atoms with Crippen LogP contribution in [0.2, 0.25) is 0 Å². The predicted molar refractivity (Wildman–Crippen MR) is 47.2 cm³/mol. The molecule has 2 aliphatic rings. The number of nitrogens with one attached hydrogen (secondary N) is 1. The predicted octanol–water partition coefficient (Wildman–Crippen LogP) is 1.55. The molecule has 1 heterocycles. The van der Waals surface area contributed by atoms with Crippen LogP contribution in [0.1, 0.15) is 12.8 Å². The van der Waals surface area contributed by atoms with Crippen LogP contribution in [-0.2, 0) is 0 Å². The van der Waals surface area contributed by atoms with Gasteiger partial charge in [0.25, 0.3) is 0 Å². The van der Waals surface area contributed by atoms with E-state index in [2.05, 4.69) is 4.90 Å². The van der Waals surface area contributed by atoms with Crippen LogP contribution in [0.15, 0.2) is 0 Å². The fraction of sp³-hybridized carbons (Fsp3) is 0.833. The average molecular weight is 179 g/mol. The number of rotatable bonds is 1. The van der Waals surface area contributed by atoms with Crippen LogP contribution in [0.5, 0.6) is 0 Å². The average Bonchev–Trinajstić information content (AvgIpc) is 2.58. The Balaban J connectivity index is 0.000000500. The highest BCUT2D eigenvalue weighted by atomic mass is 35.5. The first kappa shape index (κ1) is 8.21. The molecule has 58 valence electrons. The van der Waals surface area contributed by atoms with E-state index in [1.165, 1.54) is 12.8 Å². The van der Waals surface area contributed by atoms with Crippen molar-refractivity contribution in [1.82, 2.24) is 4.90 Å². The third-order valence-corrected chi connectivity index (χ3v) is 2.71. The highest BCUT2D eigenvalue weighted by molar-refractivity contribution is 8.14. The zero-order valence-corrected chi connectivity index (χ0v) is 7.30. The standard InChI is InChI=1S/C6H10N2S.ClH/c7-6-8(3-4-9-6)5-1-2-5;/h5,7H,1-4H2;1H. The van der Waals surface area contributed by atoms with Crippen LogP contribution in [0.25, 0.3) is 0 Å². The summed E-state index contributed by atoms with van der Waals surface area (Å²) in [6.07, 6.45) is 2.64. The molecule has 4 heteroatoms. The molecule has 0 amide bonds. The van der Waals surface area contributed by atoms with E-state index in [1.807, 2.05) is 0 Å². The van der Waals surface area contributed by atoms with Gasteiger partial charge in [-0.25, -0.2) is 0 Å². The molecule has 0 bridgehead atoms. The quantitative estimate of drug-likeness (QED) is 0.660. The van der Waals surface area contributed by atoms with Gasteiger partial charge in [0.05, 0.1) is 0 Å². The summed E-state index contributed by atoms with van der Waals surface area (Å²) in [7, 11) is 0. The van der Waals surface area contributed by atoms with Crippen molar-refractivity contribution in [3.63, 3.8) is 0 Å². The zero-order valence-electron chi connectivity index (χ0n) is 5.67. The second-order valence-electron chi connectivity index (χ2n) is 2.58. The van der Waals surface area contributed by atoms with Crippen molar-refractivity contribution in [3.05, 3.63) is 0 Å². The maximum absolute atomic E-state index is 7.47. The Labute approximate surface area is 71.3 Å². The summed E-state index contributed by atoms with van der Waals surface area (Å²) in [6.45, 7) is 1.12. The Morgan fingerprint density at radius 1 is 1.50 bits per heavy atom. The van der Waals surface area contributed by atoms with Gasteiger partial charge >= 0.3 is 0 Å². The van der Waals surface area contributed by atoms with Crippen molar-refractivity contribution < 1.29 is 0 Å². The zero-order chi connectivity index (χ0) is 6.27. The molecule has 0 unspecified atom stereocenters. The van der Waals surface area contributed by atoms with Crippen molar-refractivity contribution in [2.75, 3.05) is 12.3 Å². The van der Waals surface area contributed by atoms with E-state index < -0.39 is 0 Å². The van der Waals surface area contributed by atoms with Crippen LogP contribution in [0, 0.1) is 5.41 Å². The number of hydrogen-bond acceptors (Lipinski definition) is 2. The van der Waals surface area contributed by atoms with Crippen LogP contribution >= 0.6 is 24.2 Å². The monoisotopic (exact) mass is 178 g/mol. The van der Waals surface area contributed by atoms with Crippen molar-refractivity contribution in [2.24, 2.45) is 0 Å². The molecule has 0 aromatic heterocycles. The topological polar surface area (TPSA) is 27.1 Å². The summed E-state index contributed by atoms with van der Waals surface area (Å²) in [5.74, 6) is 1.13. The number of hydrogen-bond donors (Lipinski definition) is 1. The fourth-order valence-corrected chi connectivity index (χ4v) is 2.05. The Bertz CT molecular complexity index is 147. The van der Waals surface area contributed by atoms with E-state index in [1.54, 1.807) is 11.8 Å². The molecule has 1 saturated carbocycles. The first-order valence-electron chi connectivity index (χ1n) is 3.36. The summed E-state index contributed by atoms with van der Waals surface area (Å²) in [5.41, 5.74) is 0. The number of thioether (sulfide) groups is 1. The Hall–Kier alpha value is 0.110. The van der Waals surface area contributed by atoms with Gasteiger partial charge in [0.2, 0.25) is 0 Å². The largest absolute Gasteiger partial charge is 0.348 e. The van der Waals surface area contributed by atoms with E-state index in [-0.39, 0.29) is 12.4 Å². The second kappa shape index (κ2) is 3.01. The summed E-state index contributed by atoms with van der Waals surface area (Å²) in [6, 6.07) is 0.757. The molecule has 0 spiro atoms. The molecular weight excluding hydrogens is 168 g/mol. The fourth-order valence-electron chi connectivity index (χ4n) is 1.16. The van der Waals surface area contributed by atoms with Gasteiger partial charge in [0, 0.05) is 18.3 Å². The first-order valence-corrected chi connectivity index (χ1v) is 4.34. The van der Waals surface area contributed by atoms with E-state index in [0.717, 1.165) is 23.5 Å². The summed E-state index contributed by atoms with van der Waals surface area (Å²) in [4.78, 5) is 2.23. The van der Waals surface area contributed by atoms with Crippen LogP contribution in [-0.4, -0.2) is 28.4 Å². The number of amidine groups is 1. The third-order valence-electron chi connectivity index (χ3n) is 1.82. The molecule has 2 rings (SSSR count). The molecule has 1 aliphatic heterocycles. The maximum Gasteiger partial charge on any atom is 0.156 e. The normalized spacial score (nSPS) is 24.8. The molecule has 1 aliphatic carbocycles. The van der Waals surface area contributed by atoms with E-state index >= 15 is 0 Å². The molecule has 1 saturated heterocycles. The minimum Gasteiger partial charge on any atom is -0.348 e. The number of nitrogens with zero attached hydrogens (tertiary/aromatic N) is 1. The van der Waals surface area contributed by atoms with Gasteiger partial charge in [-0.3, -0.25) is 5.41 Å². The van der Waals surface area contributed by atoms with E-state index in [0.29, 0.717) is 0 Å². The molecule has 2 nitrogen and oxygen atoms in total. The van der Waals surface area contributed by atoms with Gasteiger partial charge in [-0.05, 0) is 12.8 Å². The van der Waals surface area contributed by atoms with Crippen LogP contribution in [0.3, 0.4) is 0 Å². The lowest BCUT2D eigenvalue weighted by molar-refractivity contribution is 0.451. The molecule has 1 N–H and O–H groups in total. The van der Waals surface area contributed by atoms with Crippen molar-refractivity contribution in [1.29, 1.82) is 5.41 Å². The van der Waals surface area contributed by atoms with Crippen molar-refractivity contribution >= 4 is 29.3 Å². The van der Waals surface area contributed by atoms with Gasteiger partial charge < -0.3 is 4.90 Å². The highest BCUT2D eigenvalue weighted by Gasteiger charge is 2.33. The Morgan fingerprint density at radius 3 is 2.60 bits per heavy atom. The Morgan fingerprint density at radius 2 is 2.20 bits per heavy atom. The first-order chi connectivity index (χ1) is 4.38. The SMILES string of the molecule is Cl.N=C1SCCN1C1CC1. The van der Waals surface area contributed by atoms with Gasteiger partial charge in [-0.1, -0.05) is 11.8 Å². The molecule has 10 heavy (non-hydrogen) atoms. The molecule has 0 atom stereocenters. The molecule has 0 aromatic carbocycles. The third kappa shape index (κ3) is 1.40. The lowest BCUT2D eigenvalue weighted by atomic mass is 10.5. The summed E-state index contributed by atoms with van der Waals surface area (Å²) in [5, 5.41) is 8.27. The lowest BCUT2D eigenvalue weighted by Gasteiger charge is -2.14. The minimum atomic E-state index is 0. The van der Waals surface area contributed by atoms with Gasteiger partial charge in [-0.2, -0.15) is 0 Å². The molecular formula is C6H11ClN2S. The smallest absolute Gasteiger partial charge is 0.156 e. The van der Waals surface area contributed by atoms with Crippen LogP contribution < -0.4 is 0 Å². The van der Waals surface area contributed by atoms with Crippen LogP contribution in [0.4, 0.5) is 0 Å².